The Kier molecular flexibility index (Phi) is 3.06. The summed E-state index contributed by atoms with van der Waals surface area (Å²) in [5, 5.41) is 1.13. The van der Waals surface area contributed by atoms with E-state index < -0.39 is 0 Å². The lowest BCUT2D eigenvalue weighted by Gasteiger charge is -2.41. The van der Waals surface area contributed by atoms with Gasteiger partial charge in [-0.1, -0.05) is 37.5 Å². The lowest BCUT2D eigenvalue weighted by Crippen LogP contribution is -2.42. The summed E-state index contributed by atoms with van der Waals surface area (Å²) in [7, 11) is 0. The SMILES string of the molecule is c1ccc2nc(N3CCC4CCCCC4C3)ncc2c1. The number of anilines is 1. The number of aromatic nitrogens is 2. The van der Waals surface area contributed by atoms with Gasteiger partial charge in [0.2, 0.25) is 5.95 Å². The van der Waals surface area contributed by atoms with Crippen molar-refractivity contribution >= 4 is 16.9 Å². The maximum Gasteiger partial charge on any atom is 0.225 e. The molecular weight excluding hydrogens is 246 g/mol. The molecule has 2 unspecified atom stereocenters. The van der Waals surface area contributed by atoms with Crippen LogP contribution in [0.3, 0.4) is 0 Å². The number of rotatable bonds is 1. The zero-order chi connectivity index (χ0) is 13.4. The monoisotopic (exact) mass is 267 g/mol. The van der Waals surface area contributed by atoms with Crippen LogP contribution in [0.1, 0.15) is 32.1 Å². The van der Waals surface area contributed by atoms with E-state index in [1.54, 1.807) is 0 Å². The third kappa shape index (κ3) is 2.15. The molecule has 0 radical (unpaired) electrons. The standard InChI is InChI=1S/C17H21N3/c1-2-7-15-12-20(10-9-13(15)5-1)17-18-11-14-6-3-4-8-16(14)19-17/h3-4,6,8,11,13,15H,1-2,5,7,9-10,12H2. The summed E-state index contributed by atoms with van der Waals surface area (Å²) in [6.45, 7) is 2.28. The van der Waals surface area contributed by atoms with Crippen LogP contribution in [0.5, 0.6) is 0 Å². The van der Waals surface area contributed by atoms with Crippen molar-refractivity contribution in [2.45, 2.75) is 32.1 Å². The molecule has 4 rings (SSSR count). The number of fused-ring (bicyclic) bond motifs is 2. The van der Waals surface area contributed by atoms with E-state index >= 15 is 0 Å². The van der Waals surface area contributed by atoms with E-state index in [-0.39, 0.29) is 0 Å². The smallest absolute Gasteiger partial charge is 0.225 e. The predicted octanol–water partition coefficient (Wildman–Crippen LogP) is 3.65. The fourth-order valence-corrected chi connectivity index (χ4v) is 3.90. The molecule has 104 valence electrons. The molecule has 2 fully saturated rings. The van der Waals surface area contributed by atoms with Crippen LogP contribution in [-0.2, 0) is 0 Å². The van der Waals surface area contributed by atoms with Crippen molar-refractivity contribution < 1.29 is 0 Å². The number of nitrogens with zero attached hydrogens (tertiary/aromatic N) is 3. The van der Waals surface area contributed by atoms with Gasteiger partial charge < -0.3 is 4.90 Å². The Labute approximate surface area is 120 Å². The minimum absolute atomic E-state index is 0.868. The third-order valence-corrected chi connectivity index (χ3v) is 5.05. The highest BCUT2D eigenvalue weighted by Crippen LogP contribution is 2.36. The van der Waals surface area contributed by atoms with Gasteiger partial charge in [0.25, 0.3) is 0 Å². The molecule has 1 aromatic carbocycles. The van der Waals surface area contributed by atoms with Crippen molar-refractivity contribution in [1.82, 2.24) is 9.97 Å². The quantitative estimate of drug-likeness (QED) is 0.789. The minimum Gasteiger partial charge on any atom is -0.341 e. The van der Waals surface area contributed by atoms with Crippen molar-refractivity contribution in [2.75, 3.05) is 18.0 Å². The fraction of sp³-hybridized carbons (Fsp3) is 0.529. The maximum absolute atomic E-state index is 4.75. The molecule has 0 spiro atoms. The summed E-state index contributed by atoms with van der Waals surface area (Å²) in [5.41, 5.74) is 1.06. The summed E-state index contributed by atoms with van der Waals surface area (Å²) in [4.78, 5) is 11.7. The molecule has 1 aliphatic heterocycles. The molecule has 20 heavy (non-hydrogen) atoms. The van der Waals surface area contributed by atoms with Gasteiger partial charge in [-0.15, -0.1) is 0 Å². The van der Waals surface area contributed by atoms with Crippen LogP contribution in [0.15, 0.2) is 30.5 Å². The van der Waals surface area contributed by atoms with Crippen LogP contribution in [0, 0.1) is 11.8 Å². The molecular formula is C17H21N3. The largest absolute Gasteiger partial charge is 0.341 e. The second-order valence-electron chi connectivity index (χ2n) is 6.27. The predicted molar refractivity (Wildman–Crippen MR) is 81.8 cm³/mol. The molecule has 1 saturated heterocycles. The highest BCUT2D eigenvalue weighted by Gasteiger charge is 2.31. The Balaban J connectivity index is 1.59. The molecule has 3 nitrogen and oxygen atoms in total. The second-order valence-corrected chi connectivity index (χ2v) is 6.27. The van der Waals surface area contributed by atoms with Crippen molar-refractivity contribution in [3.63, 3.8) is 0 Å². The number of benzene rings is 1. The lowest BCUT2D eigenvalue weighted by molar-refractivity contribution is 0.201. The lowest BCUT2D eigenvalue weighted by atomic mass is 9.75. The maximum atomic E-state index is 4.75. The van der Waals surface area contributed by atoms with Crippen molar-refractivity contribution in [2.24, 2.45) is 11.8 Å². The molecule has 2 aromatic rings. The van der Waals surface area contributed by atoms with Gasteiger partial charge in [0.05, 0.1) is 5.52 Å². The first-order valence-electron chi connectivity index (χ1n) is 7.87. The van der Waals surface area contributed by atoms with E-state index in [4.69, 9.17) is 4.98 Å². The Morgan fingerprint density at radius 2 is 1.85 bits per heavy atom. The summed E-state index contributed by atoms with van der Waals surface area (Å²) >= 11 is 0. The van der Waals surface area contributed by atoms with Crippen molar-refractivity contribution in [3.05, 3.63) is 30.5 Å². The zero-order valence-electron chi connectivity index (χ0n) is 11.8. The first-order valence-corrected chi connectivity index (χ1v) is 7.87. The number of hydrogen-bond donors (Lipinski definition) is 0. The van der Waals surface area contributed by atoms with Crippen molar-refractivity contribution in [1.29, 1.82) is 0 Å². The summed E-state index contributed by atoms with van der Waals surface area (Å²) in [5.74, 6) is 2.75. The Morgan fingerprint density at radius 3 is 2.80 bits per heavy atom. The van der Waals surface area contributed by atoms with Crippen LogP contribution in [0.2, 0.25) is 0 Å². The molecule has 2 aliphatic rings. The summed E-state index contributed by atoms with van der Waals surface area (Å²) in [6.07, 6.45) is 8.97. The van der Waals surface area contributed by atoms with E-state index in [1.165, 1.54) is 32.1 Å². The molecule has 1 saturated carbocycles. The van der Waals surface area contributed by atoms with Gasteiger partial charge in [-0.3, -0.25) is 0 Å². The molecule has 1 aromatic heterocycles. The number of para-hydroxylation sites is 1. The molecule has 3 heteroatoms. The molecule has 0 bridgehead atoms. The van der Waals surface area contributed by atoms with Crippen molar-refractivity contribution in [3.8, 4) is 0 Å². The Morgan fingerprint density at radius 1 is 1.00 bits per heavy atom. The van der Waals surface area contributed by atoms with Gasteiger partial charge in [0, 0.05) is 24.7 Å². The van der Waals surface area contributed by atoms with Crippen LogP contribution < -0.4 is 4.90 Å². The number of piperidine rings is 1. The molecule has 0 amide bonds. The molecule has 2 heterocycles. The second kappa shape index (κ2) is 5.04. The number of hydrogen-bond acceptors (Lipinski definition) is 3. The molecule has 2 atom stereocenters. The Hall–Kier alpha value is -1.64. The van der Waals surface area contributed by atoms with E-state index in [1.807, 2.05) is 18.3 Å². The highest BCUT2D eigenvalue weighted by atomic mass is 15.3. The molecule has 0 N–H and O–H groups in total. The van der Waals surface area contributed by atoms with Gasteiger partial charge in [0.15, 0.2) is 0 Å². The van der Waals surface area contributed by atoms with E-state index in [0.717, 1.165) is 41.8 Å². The van der Waals surface area contributed by atoms with Crippen LogP contribution in [-0.4, -0.2) is 23.1 Å². The van der Waals surface area contributed by atoms with Crippen LogP contribution in [0.4, 0.5) is 5.95 Å². The van der Waals surface area contributed by atoms with Crippen LogP contribution in [0.25, 0.3) is 10.9 Å². The average Bonchev–Trinajstić information content (AvgIpc) is 2.54. The van der Waals surface area contributed by atoms with E-state index in [9.17, 15) is 0 Å². The van der Waals surface area contributed by atoms with Gasteiger partial charge in [0.1, 0.15) is 0 Å². The van der Waals surface area contributed by atoms with E-state index in [2.05, 4.69) is 22.0 Å². The van der Waals surface area contributed by atoms with Gasteiger partial charge in [-0.2, -0.15) is 0 Å². The third-order valence-electron chi connectivity index (χ3n) is 5.05. The first kappa shape index (κ1) is 12.1. The van der Waals surface area contributed by atoms with Gasteiger partial charge in [-0.25, -0.2) is 9.97 Å². The first-order chi connectivity index (χ1) is 9.90. The Bertz CT molecular complexity index is 610. The highest BCUT2D eigenvalue weighted by molar-refractivity contribution is 5.78. The van der Waals surface area contributed by atoms with Gasteiger partial charge >= 0.3 is 0 Å². The summed E-state index contributed by atoms with van der Waals surface area (Å²) < 4.78 is 0. The van der Waals surface area contributed by atoms with Crippen LogP contribution >= 0.6 is 0 Å². The molecule has 1 aliphatic carbocycles. The van der Waals surface area contributed by atoms with E-state index in [0.29, 0.717) is 0 Å². The zero-order valence-corrected chi connectivity index (χ0v) is 11.8. The minimum atomic E-state index is 0.868. The topological polar surface area (TPSA) is 29.0 Å². The normalized spacial score (nSPS) is 26.5. The summed E-state index contributed by atoms with van der Waals surface area (Å²) in [6, 6.07) is 8.24. The fourth-order valence-electron chi connectivity index (χ4n) is 3.90. The van der Waals surface area contributed by atoms with Gasteiger partial charge in [-0.05, 0) is 30.7 Å². The average molecular weight is 267 g/mol.